The van der Waals surface area contributed by atoms with Crippen molar-refractivity contribution in [1.82, 2.24) is 0 Å². The van der Waals surface area contributed by atoms with Crippen molar-refractivity contribution in [3.63, 3.8) is 0 Å². The minimum absolute atomic E-state index is 0.0681. The van der Waals surface area contributed by atoms with Crippen molar-refractivity contribution in [3.8, 4) is 5.75 Å². The maximum atomic E-state index is 11.8. The molecule has 1 aromatic rings. The number of rotatable bonds is 2. The number of nitrogens with two attached hydrogens (primary N) is 1. The number of hydrogen-bond donors (Lipinski definition) is 2. The van der Waals surface area contributed by atoms with Crippen LogP contribution in [0.4, 0.5) is 5.69 Å². The van der Waals surface area contributed by atoms with Crippen LogP contribution in [0.3, 0.4) is 0 Å². The summed E-state index contributed by atoms with van der Waals surface area (Å²) in [6.07, 6.45) is 0.122. The summed E-state index contributed by atoms with van der Waals surface area (Å²) in [5.74, 6) is -1.03. The topological polar surface area (TPSA) is 83.6 Å². The molecule has 0 spiro atoms. The molecule has 90 valence electrons. The third-order valence-corrected chi connectivity index (χ3v) is 3.42. The second kappa shape index (κ2) is 4.37. The predicted octanol–water partition coefficient (Wildman–Crippen LogP) is 0.993. The van der Waals surface area contributed by atoms with Crippen LogP contribution in [-0.4, -0.2) is 23.5 Å². The van der Waals surface area contributed by atoms with E-state index in [0.29, 0.717) is 10.2 Å². The average Bonchev–Trinajstić information content (AvgIpc) is 2.64. The predicted molar refractivity (Wildman–Crippen MR) is 65.5 cm³/mol. The summed E-state index contributed by atoms with van der Waals surface area (Å²) in [7, 11) is 0. The van der Waals surface area contributed by atoms with E-state index in [0.717, 1.165) is 0 Å². The highest BCUT2D eigenvalue weighted by Crippen LogP contribution is 2.33. The van der Waals surface area contributed by atoms with E-state index in [4.69, 9.17) is 5.73 Å². The normalized spacial score (nSPS) is 19.7. The molecule has 1 aliphatic heterocycles. The summed E-state index contributed by atoms with van der Waals surface area (Å²) in [5.41, 5.74) is 5.74. The van der Waals surface area contributed by atoms with Gasteiger partial charge in [-0.15, -0.1) is 0 Å². The Hall–Kier alpha value is -1.56. The van der Waals surface area contributed by atoms with E-state index in [2.05, 4.69) is 15.9 Å². The number of carbonyl (C=O) groups is 2. The number of benzene rings is 1. The fourth-order valence-electron chi connectivity index (χ4n) is 1.84. The Bertz CT molecular complexity index is 490. The molecule has 1 aromatic carbocycles. The first-order chi connectivity index (χ1) is 7.99. The molecule has 0 aliphatic carbocycles. The van der Waals surface area contributed by atoms with Gasteiger partial charge in [-0.05, 0) is 28.1 Å². The van der Waals surface area contributed by atoms with Crippen LogP contribution in [0, 0.1) is 5.92 Å². The minimum atomic E-state index is -0.475. The van der Waals surface area contributed by atoms with Crippen molar-refractivity contribution >= 4 is 33.4 Å². The number of amides is 2. The highest BCUT2D eigenvalue weighted by molar-refractivity contribution is 9.10. The van der Waals surface area contributed by atoms with Crippen LogP contribution >= 0.6 is 15.9 Å². The fraction of sp³-hybridized carbons (Fsp3) is 0.273. The molecular formula is C11H11BrN2O3. The van der Waals surface area contributed by atoms with Gasteiger partial charge in [0.15, 0.2) is 0 Å². The van der Waals surface area contributed by atoms with Crippen LogP contribution in [0.25, 0.3) is 0 Å². The summed E-state index contributed by atoms with van der Waals surface area (Å²) in [6, 6.07) is 4.64. The van der Waals surface area contributed by atoms with Crippen molar-refractivity contribution < 1.29 is 14.7 Å². The van der Waals surface area contributed by atoms with Crippen LogP contribution in [0.15, 0.2) is 22.7 Å². The molecule has 0 bridgehead atoms. The summed E-state index contributed by atoms with van der Waals surface area (Å²) >= 11 is 3.30. The molecule has 17 heavy (non-hydrogen) atoms. The lowest BCUT2D eigenvalue weighted by molar-refractivity contribution is -0.123. The Balaban J connectivity index is 2.32. The maximum Gasteiger partial charge on any atom is 0.227 e. The molecular weight excluding hydrogens is 288 g/mol. The molecule has 0 aromatic heterocycles. The van der Waals surface area contributed by atoms with E-state index < -0.39 is 11.8 Å². The number of hydrogen-bond acceptors (Lipinski definition) is 3. The zero-order valence-corrected chi connectivity index (χ0v) is 10.5. The largest absolute Gasteiger partial charge is 0.508 e. The highest BCUT2D eigenvalue weighted by atomic mass is 79.9. The lowest BCUT2D eigenvalue weighted by Crippen LogP contribution is -2.28. The maximum absolute atomic E-state index is 11.8. The van der Waals surface area contributed by atoms with Gasteiger partial charge in [0, 0.05) is 23.5 Å². The van der Waals surface area contributed by atoms with Gasteiger partial charge in [0.1, 0.15) is 5.75 Å². The number of carbonyl (C=O) groups excluding carboxylic acids is 2. The van der Waals surface area contributed by atoms with E-state index in [1.807, 2.05) is 0 Å². The number of nitrogens with zero attached hydrogens (tertiary/aromatic N) is 1. The van der Waals surface area contributed by atoms with Crippen LogP contribution < -0.4 is 10.6 Å². The number of phenolic OH excluding ortho intramolecular Hbond substituents is 1. The zero-order valence-electron chi connectivity index (χ0n) is 8.89. The van der Waals surface area contributed by atoms with Gasteiger partial charge in [0.05, 0.1) is 11.6 Å². The van der Waals surface area contributed by atoms with Gasteiger partial charge in [-0.2, -0.15) is 0 Å². The summed E-state index contributed by atoms with van der Waals surface area (Å²) in [5, 5.41) is 9.41. The molecule has 2 rings (SSSR count). The van der Waals surface area contributed by atoms with Gasteiger partial charge >= 0.3 is 0 Å². The average molecular weight is 299 g/mol. The monoisotopic (exact) mass is 298 g/mol. The van der Waals surface area contributed by atoms with E-state index in [1.54, 1.807) is 6.07 Å². The second-order valence-corrected chi connectivity index (χ2v) is 4.80. The molecule has 1 heterocycles. The van der Waals surface area contributed by atoms with E-state index in [9.17, 15) is 14.7 Å². The third-order valence-electron chi connectivity index (χ3n) is 2.75. The van der Waals surface area contributed by atoms with Crippen LogP contribution in [0.5, 0.6) is 5.75 Å². The molecule has 2 amide bonds. The minimum Gasteiger partial charge on any atom is -0.508 e. The molecule has 5 nitrogen and oxygen atoms in total. The number of halogens is 1. The van der Waals surface area contributed by atoms with Gasteiger partial charge in [-0.25, -0.2) is 0 Å². The molecule has 0 saturated carbocycles. The molecule has 1 fully saturated rings. The molecule has 0 radical (unpaired) electrons. The quantitative estimate of drug-likeness (QED) is 0.854. The zero-order chi connectivity index (χ0) is 12.6. The van der Waals surface area contributed by atoms with E-state index >= 15 is 0 Å². The molecule has 1 unspecified atom stereocenters. The number of anilines is 1. The SMILES string of the molecule is NC(=O)C1CC(=O)N(c2cc(O)ccc2Br)C1. The molecule has 6 heteroatoms. The summed E-state index contributed by atoms with van der Waals surface area (Å²) in [6.45, 7) is 0.260. The number of aromatic hydroxyl groups is 1. The van der Waals surface area contributed by atoms with Crippen molar-refractivity contribution in [2.24, 2.45) is 11.7 Å². The number of phenols is 1. The van der Waals surface area contributed by atoms with Gasteiger partial charge < -0.3 is 15.7 Å². The van der Waals surface area contributed by atoms with Gasteiger partial charge in [0.2, 0.25) is 11.8 Å². The van der Waals surface area contributed by atoms with E-state index in [-0.39, 0.29) is 24.6 Å². The van der Waals surface area contributed by atoms with E-state index in [1.165, 1.54) is 17.0 Å². The smallest absolute Gasteiger partial charge is 0.227 e. The van der Waals surface area contributed by atoms with Crippen molar-refractivity contribution in [2.75, 3.05) is 11.4 Å². The van der Waals surface area contributed by atoms with Crippen molar-refractivity contribution in [2.45, 2.75) is 6.42 Å². The molecule has 1 saturated heterocycles. The number of primary amides is 1. The Morgan fingerprint density at radius 2 is 2.24 bits per heavy atom. The Kier molecular flexibility index (Phi) is 3.06. The fourth-order valence-corrected chi connectivity index (χ4v) is 2.30. The molecule has 1 atom stereocenters. The first kappa shape index (κ1) is 11.9. The molecule has 3 N–H and O–H groups in total. The van der Waals surface area contributed by atoms with Gasteiger partial charge in [-0.3, -0.25) is 9.59 Å². The Morgan fingerprint density at radius 3 is 2.82 bits per heavy atom. The third kappa shape index (κ3) is 2.26. The highest BCUT2D eigenvalue weighted by Gasteiger charge is 2.34. The summed E-state index contributed by atoms with van der Waals surface area (Å²) < 4.78 is 0.689. The van der Waals surface area contributed by atoms with Crippen molar-refractivity contribution in [1.29, 1.82) is 0 Å². The molecule has 1 aliphatic rings. The Morgan fingerprint density at radius 1 is 1.53 bits per heavy atom. The van der Waals surface area contributed by atoms with Gasteiger partial charge in [0.25, 0.3) is 0 Å². The van der Waals surface area contributed by atoms with Gasteiger partial charge in [-0.1, -0.05) is 0 Å². The standard InChI is InChI=1S/C11H11BrN2O3/c12-8-2-1-7(15)4-9(8)14-5-6(11(13)17)3-10(14)16/h1-2,4,6,15H,3,5H2,(H2,13,17). The first-order valence-corrected chi connectivity index (χ1v) is 5.86. The second-order valence-electron chi connectivity index (χ2n) is 3.94. The van der Waals surface area contributed by atoms with Crippen LogP contribution in [0.2, 0.25) is 0 Å². The van der Waals surface area contributed by atoms with Crippen LogP contribution in [0.1, 0.15) is 6.42 Å². The first-order valence-electron chi connectivity index (χ1n) is 5.07. The van der Waals surface area contributed by atoms with Crippen molar-refractivity contribution in [3.05, 3.63) is 22.7 Å². The lowest BCUT2D eigenvalue weighted by Gasteiger charge is -2.18. The van der Waals surface area contributed by atoms with Crippen LogP contribution in [-0.2, 0) is 9.59 Å². The summed E-state index contributed by atoms with van der Waals surface area (Å²) in [4.78, 5) is 24.3. The Labute approximate surface area is 106 Å². The lowest BCUT2D eigenvalue weighted by atomic mass is 10.1.